The van der Waals surface area contributed by atoms with Gasteiger partial charge in [-0.1, -0.05) is 54.1 Å². The van der Waals surface area contributed by atoms with Crippen molar-refractivity contribution in [1.29, 1.82) is 0 Å². The van der Waals surface area contributed by atoms with Gasteiger partial charge in [0.15, 0.2) is 0 Å². The first-order chi connectivity index (χ1) is 15.3. The summed E-state index contributed by atoms with van der Waals surface area (Å²) in [5, 5.41) is 5.14. The molecule has 1 aliphatic rings. The number of benzene rings is 3. The maximum Gasteiger partial charge on any atom is 0.416 e. The Hall–Kier alpha value is -2.87. The molecule has 4 rings (SSSR count). The third-order valence-electron chi connectivity index (χ3n) is 5.43. The van der Waals surface area contributed by atoms with Crippen molar-refractivity contribution in [3.05, 3.63) is 101 Å². The van der Waals surface area contributed by atoms with E-state index < -0.39 is 11.7 Å². The lowest BCUT2D eigenvalue weighted by molar-refractivity contribution is -0.137. The molecule has 0 bridgehead atoms. The van der Waals surface area contributed by atoms with Gasteiger partial charge in [-0.3, -0.25) is 4.79 Å². The second kappa shape index (κ2) is 9.32. The van der Waals surface area contributed by atoms with E-state index in [0.717, 1.165) is 23.3 Å². The zero-order valence-corrected chi connectivity index (χ0v) is 17.7. The van der Waals surface area contributed by atoms with Crippen molar-refractivity contribution < 1.29 is 18.0 Å². The number of amides is 1. The molecule has 3 aromatic rings. The van der Waals surface area contributed by atoms with E-state index in [0.29, 0.717) is 17.3 Å². The normalized spacial score (nSPS) is 19.1. The van der Waals surface area contributed by atoms with E-state index >= 15 is 0 Å². The van der Waals surface area contributed by atoms with Gasteiger partial charge in [0.1, 0.15) is 0 Å². The van der Waals surface area contributed by atoms with Gasteiger partial charge < -0.3 is 5.32 Å². The van der Waals surface area contributed by atoms with Gasteiger partial charge in [-0.2, -0.15) is 13.2 Å². The molecule has 0 saturated carbocycles. The van der Waals surface area contributed by atoms with Crippen molar-refractivity contribution in [2.75, 3.05) is 18.4 Å². The lowest BCUT2D eigenvalue weighted by atomic mass is 9.89. The van der Waals surface area contributed by atoms with Crippen LogP contribution in [0.3, 0.4) is 0 Å². The van der Waals surface area contributed by atoms with Crippen molar-refractivity contribution in [2.45, 2.75) is 18.1 Å². The van der Waals surface area contributed by atoms with Crippen molar-refractivity contribution in [2.24, 2.45) is 0 Å². The number of rotatable bonds is 5. The number of halogens is 4. The number of alkyl halides is 3. The van der Waals surface area contributed by atoms with Gasteiger partial charge in [0, 0.05) is 23.2 Å². The summed E-state index contributed by atoms with van der Waals surface area (Å²) in [7, 11) is 0. The molecule has 0 aliphatic carbocycles. The number of nitrogens with one attached hydrogen (secondary N) is 2. The van der Waals surface area contributed by atoms with E-state index in [2.05, 4.69) is 22.9 Å². The van der Waals surface area contributed by atoms with Crippen molar-refractivity contribution in [1.82, 2.24) is 10.4 Å². The predicted molar refractivity (Wildman–Crippen MR) is 118 cm³/mol. The molecule has 4 nitrogen and oxygen atoms in total. The van der Waals surface area contributed by atoms with Crippen molar-refractivity contribution >= 4 is 23.2 Å². The molecule has 0 aromatic heterocycles. The van der Waals surface area contributed by atoms with Crippen LogP contribution in [0.2, 0.25) is 5.02 Å². The Morgan fingerprint density at radius 3 is 2.25 bits per heavy atom. The van der Waals surface area contributed by atoms with Crippen molar-refractivity contribution in [3.8, 4) is 0 Å². The van der Waals surface area contributed by atoms with E-state index in [4.69, 9.17) is 11.6 Å². The Kier molecular flexibility index (Phi) is 6.50. The molecule has 1 saturated heterocycles. The van der Waals surface area contributed by atoms with E-state index in [1.54, 1.807) is 0 Å². The van der Waals surface area contributed by atoms with Gasteiger partial charge in [0.05, 0.1) is 18.2 Å². The summed E-state index contributed by atoms with van der Waals surface area (Å²) >= 11 is 6.03. The first kappa shape index (κ1) is 22.3. The van der Waals surface area contributed by atoms with Crippen LogP contribution in [0.25, 0.3) is 0 Å². The highest BCUT2D eigenvalue weighted by Crippen LogP contribution is 2.36. The summed E-state index contributed by atoms with van der Waals surface area (Å²) in [6.45, 7) is 0.645. The molecule has 1 fully saturated rings. The molecule has 1 heterocycles. The average Bonchev–Trinajstić information content (AvgIpc) is 3.18. The molecule has 2 atom stereocenters. The first-order valence-electron chi connectivity index (χ1n) is 10.1. The number of anilines is 1. The number of hydrogen-bond donors (Lipinski definition) is 2. The Morgan fingerprint density at radius 2 is 1.62 bits per heavy atom. The average molecular weight is 460 g/mol. The van der Waals surface area contributed by atoms with Crippen molar-refractivity contribution in [3.63, 3.8) is 0 Å². The molecule has 0 radical (unpaired) electrons. The summed E-state index contributed by atoms with van der Waals surface area (Å²) in [4.78, 5) is 12.5. The van der Waals surface area contributed by atoms with Crippen LogP contribution >= 0.6 is 11.6 Å². The Bertz CT molecular complexity index is 1060. The lowest BCUT2D eigenvalue weighted by Gasteiger charge is -2.20. The highest BCUT2D eigenvalue weighted by molar-refractivity contribution is 6.30. The Balaban J connectivity index is 1.45. The van der Waals surface area contributed by atoms with Gasteiger partial charge in [-0.25, -0.2) is 10.4 Å². The molecular formula is C24H21ClF3N3O. The number of hydrogen-bond acceptors (Lipinski definition) is 3. The number of carbonyl (C=O) groups excluding carboxylic acids is 1. The molecule has 3 aromatic carbocycles. The predicted octanol–water partition coefficient (Wildman–Crippen LogP) is 5.64. The van der Waals surface area contributed by atoms with Gasteiger partial charge in [0.25, 0.3) is 0 Å². The molecule has 2 unspecified atom stereocenters. The number of nitrogens with zero attached hydrogens (tertiary/aromatic N) is 1. The fourth-order valence-corrected chi connectivity index (χ4v) is 4.01. The fraction of sp³-hybridized carbons (Fsp3) is 0.208. The SMILES string of the molecule is O=C(CN1CC(c2ccccc2)C(c2ccc(Cl)cc2)N1)Nc1ccc(C(F)(F)F)cc1. The second-order valence-electron chi connectivity index (χ2n) is 7.68. The van der Waals surface area contributed by atoms with Crippen LogP contribution in [-0.2, 0) is 11.0 Å². The van der Waals surface area contributed by atoms with Crippen LogP contribution in [-0.4, -0.2) is 24.0 Å². The molecule has 166 valence electrons. The number of carbonyl (C=O) groups is 1. The van der Waals surface area contributed by atoms with E-state index in [1.165, 1.54) is 12.1 Å². The van der Waals surface area contributed by atoms with Crippen LogP contribution in [0, 0.1) is 0 Å². The molecule has 1 aliphatic heterocycles. The van der Waals surface area contributed by atoms with Crippen LogP contribution in [0.1, 0.15) is 28.7 Å². The molecule has 1 amide bonds. The highest BCUT2D eigenvalue weighted by Gasteiger charge is 2.35. The van der Waals surface area contributed by atoms with E-state index in [9.17, 15) is 18.0 Å². The summed E-state index contributed by atoms with van der Waals surface area (Å²) < 4.78 is 38.2. The zero-order chi connectivity index (χ0) is 22.7. The summed E-state index contributed by atoms with van der Waals surface area (Å²) in [5.74, 6) is -0.211. The highest BCUT2D eigenvalue weighted by atomic mass is 35.5. The monoisotopic (exact) mass is 459 g/mol. The Labute approximate surface area is 189 Å². The molecule has 32 heavy (non-hydrogen) atoms. The minimum atomic E-state index is -4.41. The fourth-order valence-electron chi connectivity index (χ4n) is 3.88. The minimum absolute atomic E-state index is 0.0477. The quantitative estimate of drug-likeness (QED) is 0.518. The second-order valence-corrected chi connectivity index (χ2v) is 8.12. The first-order valence-corrected chi connectivity index (χ1v) is 10.5. The summed E-state index contributed by atoms with van der Waals surface area (Å²) in [5.41, 5.74) is 5.16. The zero-order valence-electron chi connectivity index (χ0n) is 16.9. The third kappa shape index (κ3) is 5.30. The lowest BCUT2D eigenvalue weighted by Crippen LogP contribution is -2.38. The smallest absolute Gasteiger partial charge is 0.325 e. The maximum absolute atomic E-state index is 12.7. The van der Waals surface area contributed by atoms with Gasteiger partial charge in [-0.15, -0.1) is 0 Å². The molecule has 2 N–H and O–H groups in total. The van der Waals surface area contributed by atoms with Gasteiger partial charge >= 0.3 is 6.18 Å². The minimum Gasteiger partial charge on any atom is -0.325 e. The van der Waals surface area contributed by atoms with Crippen LogP contribution in [0.5, 0.6) is 0 Å². The Morgan fingerprint density at radius 1 is 0.969 bits per heavy atom. The molecule has 8 heteroatoms. The van der Waals surface area contributed by atoms with E-state index in [1.807, 2.05) is 47.5 Å². The van der Waals surface area contributed by atoms with Gasteiger partial charge in [-0.05, 0) is 47.5 Å². The maximum atomic E-state index is 12.7. The summed E-state index contributed by atoms with van der Waals surface area (Å²) in [6, 6.07) is 22.0. The van der Waals surface area contributed by atoms with Crippen LogP contribution in [0.4, 0.5) is 18.9 Å². The van der Waals surface area contributed by atoms with E-state index in [-0.39, 0.29) is 24.4 Å². The van der Waals surface area contributed by atoms with Crippen LogP contribution < -0.4 is 10.7 Å². The largest absolute Gasteiger partial charge is 0.416 e. The number of hydrazine groups is 1. The topological polar surface area (TPSA) is 44.4 Å². The summed E-state index contributed by atoms with van der Waals surface area (Å²) in [6.07, 6.45) is -4.41. The third-order valence-corrected chi connectivity index (χ3v) is 5.68. The molecule has 0 spiro atoms. The molecular weight excluding hydrogens is 439 g/mol. The van der Waals surface area contributed by atoms with Crippen LogP contribution in [0.15, 0.2) is 78.9 Å². The standard InChI is InChI=1S/C24H21ClF3N3O/c25-19-10-6-17(7-11-19)23-21(16-4-2-1-3-5-16)14-31(30-23)15-22(32)29-20-12-8-18(9-13-20)24(26,27)28/h1-13,21,23,30H,14-15H2,(H,29,32). The van der Waals surface area contributed by atoms with Gasteiger partial charge in [0.2, 0.25) is 5.91 Å².